The summed E-state index contributed by atoms with van der Waals surface area (Å²) in [5, 5.41) is 0. The van der Waals surface area contributed by atoms with Crippen LogP contribution in [0.2, 0.25) is 0 Å². The number of benzene rings is 2. The Kier molecular flexibility index (Phi) is 10.6. The number of ether oxygens (including phenoxy) is 3. The van der Waals surface area contributed by atoms with Gasteiger partial charge in [-0.1, -0.05) is 32.0 Å². The largest absolute Gasteiger partial charge is 0.496 e. The van der Waals surface area contributed by atoms with E-state index in [4.69, 9.17) is 14.2 Å². The number of thiophene rings is 1. The second-order valence-electron chi connectivity index (χ2n) is 9.55. The lowest BCUT2D eigenvalue weighted by molar-refractivity contribution is -0.132. The zero-order chi connectivity index (χ0) is 27.7. The van der Waals surface area contributed by atoms with Crippen LogP contribution in [0.3, 0.4) is 0 Å². The van der Waals surface area contributed by atoms with Crippen molar-refractivity contribution in [2.24, 2.45) is 5.92 Å². The van der Waals surface area contributed by atoms with Crippen LogP contribution in [-0.2, 0) is 17.8 Å². The highest BCUT2D eigenvalue weighted by Gasteiger charge is 2.25. The SMILES string of the molecule is COc1ccc(CCN(Cc2ccc(C)s2)C(=O)CN(CC(C)C)C(=O)c2ccccc2OC)cc1OC. The number of hydrogen-bond acceptors (Lipinski definition) is 6. The lowest BCUT2D eigenvalue weighted by Gasteiger charge is -2.29. The molecule has 0 aliphatic heterocycles. The van der Waals surface area contributed by atoms with E-state index in [-0.39, 0.29) is 24.3 Å². The van der Waals surface area contributed by atoms with Gasteiger partial charge in [0, 0.05) is 22.8 Å². The predicted octanol–water partition coefficient (Wildman–Crippen LogP) is 5.45. The number of nitrogens with zero attached hydrogens (tertiary/aromatic N) is 2. The smallest absolute Gasteiger partial charge is 0.258 e. The minimum atomic E-state index is -0.212. The molecule has 0 atom stereocenters. The van der Waals surface area contributed by atoms with Crippen molar-refractivity contribution in [3.8, 4) is 17.2 Å². The number of para-hydroxylation sites is 1. The summed E-state index contributed by atoms with van der Waals surface area (Å²) >= 11 is 1.68. The number of carbonyl (C=O) groups excluding carboxylic acids is 2. The maximum Gasteiger partial charge on any atom is 0.258 e. The monoisotopic (exact) mass is 538 g/mol. The Labute approximate surface area is 229 Å². The van der Waals surface area contributed by atoms with E-state index in [9.17, 15) is 9.59 Å². The molecule has 7 nitrogen and oxygen atoms in total. The molecule has 0 bridgehead atoms. The number of aryl methyl sites for hydroxylation is 1. The van der Waals surface area contributed by atoms with E-state index in [2.05, 4.69) is 19.1 Å². The van der Waals surface area contributed by atoms with Crippen molar-refractivity contribution in [2.45, 2.75) is 33.7 Å². The topological polar surface area (TPSA) is 68.3 Å². The normalized spacial score (nSPS) is 10.8. The van der Waals surface area contributed by atoms with Crippen LogP contribution in [0.1, 0.15) is 39.5 Å². The first-order valence-electron chi connectivity index (χ1n) is 12.7. The van der Waals surface area contributed by atoms with Crippen molar-refractivity contribution in [1.29, 1.82) is 0 Å². The van der Waals surface area contributed by atoms with Gasteiger partial charge in [0.05, 0.1) is 33.4 Å². The second-order valence-corrected chi connectivity index (χ2v) is 10.9. The third-order valence-electron chi connectivity index (χ3n) is 6.15. The summed E-state index contributed by atoms with van der Waals surface area (Å²) in [6.45, 7) is 7.58. The molecule has 1 heterocycles. The second kappa shape index (κ2) is 13.9. The number of methoxy groups -OCH3 is 3. The Morgan fingerprint density at radius 1 is 0.868 bits per heavy atom. The van der Waals surface area contributed by atoms with Gasteiger partial charge < -0.3 is 24.0 Å². The molecule has 0 spiro atoms. The first-order chi connectivity index (χ1) is 18.2. The molecule has 0 radical (unpaired) electrons. The van der Waals surface area contributed by atoms with Crippen molar-refractivity contribution in [3.05, 3.63) is 75.5 Å². The summed E-state index contributed by atoms with van der Waals surface area (Å²) in [6, 6.07) is 17.0. The van der Waals surface area contributed by atoms with E-state index in [1.807, 2.05) is 43.0 Å². The predicted molar refractivity (Wildman–Crippen MR) is 151 cm³/mol. The molecule has 204 valence electrons. The van der Waals surface area contributed by atoms with Crippen LogP contribution < -0.4 is 14.2 Å². The fourth-order valence-corrected chi connectivity index (χ4v) is 5.17. The molecule has 0 saturated heterocycles. The summed E-state index contributed by atoms with van der Waals surface area (Å²) in [7, 11) is 4.76. The minimum absolute atomic E-state index is 0.00858. The number of carbonyl (C=O) groups is 2. The van der Waals surface area contributed by atoms with E-state index < -0.39 is 0 Å². The molecule has 0 fully saturated rings. The van der Waals surface area contributed by atoms with Crippen LogP contribution in [0, 0.1) is 12.8 Å². The van der Waals surface area contributed by atoms with Crippen LogP contribution in [0.4, 0.5) is 0 Å². The summed E-state index contributed by atoms with van der Waals surface area (Å²) < 4.78 is 16.2. The maximum absolute atomic E-state index is 13.7. The number of hydrogen-bond donors (Lipinski definition) is 0. The van der Waals surface area contributed by atoms with Gasteiger partial charge in [0.1, 0.15) is 12.3 Å². The van der Waals surface area contributed by atoms with Crippen LogP contribution in [0.25, 0.3) is 0 Å². The molecule has 0 N–H and O–H groups in total. The van der Waals surface area contributed by atoms with Crippen molar-refractivity contribution in [2.75, 3.05) is 41.0 Å². The van der Waals surface area contributed by atoms with Crippen molar-refractivity contribution < 1.29 is 23.8 Å². The highest BCUT2D eigenvalue weighted by atomic mass is 32.1. The Morgan fingerprint density at radius 2 is 1.58 bits per heavy atom. The van der Waals surface area contributed by atoms with Gasteiger partial charge >= 0.3 is 0 Å². The van der Waals surface area contributed by atoms with Crippen LogP contribution in [-0.4, -0.2) is 62.6 Å². The van der Waals surface area contributed by atoms with Crippen LogP contribution in [0.5, 0.6) is 17.2 Å². The van der Waals surface area contributed by atoms with Crippen LogP contribution >= 0.6 is 11.3 Å². The summed E-state index contributed by atoms with van der Waals surface area (Å²) in [6.07, 6.45) is 0.640. The Bertz CT molecular complexity index is 1220. The Balaban J connectivity index is 1.83. The summed E-state index contributed by atoms with van der Waals surface area (Å²) in [4.78, 5) is 33.1. The zero-order valence-electron chi connectivity index (χ0n) is 23.2. The van der Waals surface area contributed by atoms with Gasteiger partial charge in [-0.2, -0.15) is 0 Å². The van der Waals surface area contributed by atoms with E-state index >= 15 is 0 Å². The van der Waals surface area contributed by atoms with Gasteiger partial charge in [0.15, 0.2) is 11.5 Å². The molecule has 38 heavy (non-hydrogen) atoms. The third-order valence-corrected chi connectivity index (χ3v) is 7.14. The fourth-order valence-electron chi connectivity index (χ4n) is 4.27. The van der Waals surface area contributed by atoms with Gasteiger partial charge in [0.25, 0.3) is 5.91 Å². The molecule has 0 unspecified atom stereocenters. The zero-order valence-corrected chi connectivity index (χ0v) is 24.0. The van der Waals surface area contributed by atoms with Gasteiger partial charge in [-0.05, 0) is 61.2 Å². The average molecular weight is 539 g/mol. The summed E-state index contributed by atoms with van der Waals surface area (Å²) in [5.74, 6) is 1.70. The average Bonchev–Trinajstić information content (AvgIpc) is 3.33. The fraction of sp³-hybridized carbons (Fsp3) is 0.400. The third kappa shape index (κ3) is 7.74. The van der Waals surface area contributed by atoms with Gasteiger partial charge in [-0.25, -0.2) is 0 Å². The van der Waals surface area contributed by atoms with Gasteiger partial charge in [0.2, 0.25) is 5.91 Å². The maximum atomic E-state index is 13.7. The molecule has 1 aromatic heterocycles. The number of amides is 2. The highest BCUT2D eigenvalue weighted by Crippen LogP contribution is 2.28. The van der Waals surface area contributed by atoms with Crippen LogP contribution in [0.15, 0.2) is 54.6 Å². The van der Waals surface area contributed by atoms with E-state index in [1.165, 1.54) is 4.88 Å². The first kappa shape index (κ1) is 29.0. The molecular weight excluding hydrogens is 500 g/mol. The molecule has 0 aliphatic carbocycles. The molecular formula is C30H38N2O5S. The van der Waals surface area contributed by atoms with E-state index in [1.54, 1.807) is 55.8 Å². The molecule has 2 aromatic carbocycles. The van der Waals surface area contributed by atoms with Crippen molar-refractivity contribution in [3.63, 3.8) is 0 Å². The Morgan fingerprint density at radius 3 is 2.21 bits per heavy atom. The van der Waals surface area contributed by atoms with Gasteiger partial charge in [-0.3, -0.25) is 9.59 Å². The first-order valence-corrected chi connectivity index (χ1v) is 13.5. The number of rotatable bonds is 13. The van der Waals surface area contributed by atoms with E-state index in [0.717, 1.165) is 10.4 Å². The van der Waals surface area contributed by atoms with Gasteiger partial charge in [-0.15, -0.1) is 11.3 Å². The Hall–Kier alpha value is -3.52. The lowest BCUT2D eigenvalue weighted by atomic mass is 10.1. The molecule has 0 saturated carbocycles. The molecule has 2 amide bonds. The quantitative estimate of drug-likeness (QED) is 0.289. The lowest BCUT2D eigenvalue weighted by Crippen LogP contribution is -2.44. The minimum Gasteiger partial charge on any atom is -0.496 e. The molecule has 8 heteroatoms. The summed E-state index contributed by atoms with van der Waals surface area (Å²) in [5.41, 5.74) is 1.49. The van der Waals surface area contributed by atoms with E-state index in [0.29, 0.717) is 48.9 Å². The van der Waals surface area contributed by atoms with Crippen molar-refractivity contribution in [1.82, 2.24) is 9.80 Å². The standard InChI is InChI=1S/C30H38N2O5S/c1-21(2)18-32(30(34)25-9-7-8-10-26(25)35-4)20-29(33)31(19-24-13-11-22(3)38-24)16-15-23-12-14-27(36-5)28(17-23)37-6/h7-14,17,21H,15-16,18-20H2,1-6H3. The highest BCUT2D eigenvalue weighted by molar-refractivity contribution is 7.11. The molecule has 3 rings (SSSR count). The molecule has 0 aliphatic rings. The molecule has 3 aromatic rings. The van der Waals surface area contributed by atoms with Crippen molar-refractivity contribution >= 4 is 23.2 Å².